The maximum atomic E-state index is 14.3. The van der Waals surface area contributed by atoms with Crippen LogP contribution in [0, 0.1) is 0 Å². The molecule has 6 rings (SSSR count). The predicted octanol–water partition coefficient (Wildman–Crippen LogP) is 1.13. The molecule has 1 N–H and O–H groups in total. The molecule has 13 nitrogen and oxygen atoms in total. The first-order chi connectivity index (χ1) is 21.0. The molecule has 5 heterocycles. The third kappa shape index (κ3) is 5.16. The van der Waals surface area contributed by atoms with E-state index in [4.69, 9.17) is 16.3 Å². The van der Waals surface area contributed by atoms with Crippen molar-refractivity contribution in [2.75, 3.05) is 50.8 Å². The molecule has 0 bridgehead atoms. The fourth-order valence-electron chi connectivity index (χ4n) is 5.69. The molecule has 0 aliphatic carbocycles. The number of hydrogen-bond acceptors (Lipinski definition) is 9. The lowest BCUT2D eigenvalue weighted by molar-refractivity contribution is -0.211. The third-order valence-electron chi connectivity index (χ3n) is 7.91. The molecule has 1 atom stereocenters. The second-order valence-electron chi connectivity index (χ2n) is 10.5. The number of imidazole rings is 1. The maximum Gasteiger partial charge on any atom is 0.491 e. The number of esters is 1. The van der Waals surface area contributed by atoms with Gasteiger partial charge in [0.05, 0.1) is 19.8 Å². The van der Waals surface area contributed by atoms with Crippen molar-refractivity contribution in [3.8, 4) is 0 Å². The van der Waals surface area contributed by atoms with Gasteiger partial charge in [-0.25, -0.2) is 14.2 Å². The number of nitrogens with zero attached hydrogens (tertiary/aromatic N) is 6. The van der Waals surface area contributed by atoms with Crippen molar-refractivity contribution >= 4 is 40.6 Å². The van der Waals surface area contributed by atoms with Crippen molar-refractivity contribution in [3.05, 3.63) is 67.0 Å². The number of alkyl halides is 3. The summed E-state index contributed by atoms with van der Waals surface area (Å²) in [6.45, 7) is 1.81. The van der Waals surface area contributed by atoms with Crippen LogP contribution in [0.1, 0.15) is 18.2 Å². The summed E-state index contributed by atoms with van der Waals surface area (Å²) in [4.78, 5) is 61.1. The van der Waals surface area contributed by atoms with Gasteiger partial charge in [-0.15, -0.1) is 0 Å². The number of rotatable bonds is 6. The summed E-state index contributed by atoms with van der Waals surface area (Å²) in [7, 11) is 1.27. The van der Waals surface area contributed by atoms with Crippen molar-refractivity contribution in [2.24, 2.45) is 7.05 Å². The molecule has 234 valence electrons. The fraction of sp³-hybridized carbons (Fsp3) is 0.444. The third-order valence-corrected chi connectivity index (χ3v) is 8.28. The average Bonchev–Trinajstić information content (AvgIpc) is 3.71. The molecule has 2 aromatic heterocycles. The number of hydrogen-bond donors (Lipinski definition) is 1. The van der Waals surface area contributed by atoms with Crippen LogP contribution in [0.25, 0.3) is 11.2 Å². The van der Waals surface area contributed by atoms with Gasteiger partial charge in [0, 0.05) is 50.5 Å². The Kier molecular flexibility index (Phi) is 7.75. The first kappa shape index (κ1) is 29.9. The van der Waals surface area contributed by atoms with Gasteiger partial charge in [0.25, 0.3) is 17.7 Å². The van der Waals surface area contributed by atoms with Gasteiger partial charge in [-0.3, -0.25) is 18.7 Å². The van der Waals surface area contributed by atoms with Crippen molar-refractivity contribution in [1.29, 1.82) is 0 Å². The number of benzene rings is 1. The predicted molar refractivity (Wildman–Crippen MR) is 150 cm³/mol. The molecule has 1 fully saturated rings. The van der Waals surface area contributed by atoms with E-state index in [2.05, 4.69) is 15.0 Å². The molecular formula is C27H27ClF3N7O6. The highest BCUT2D eigenvalue weighted by atomic mass is 35.5. The minimum absolute atomic E-state index is 0.00406. The van der Waals surface area contributed by atoms with E-state index < -0.39 is 35.5 Å². The normalized spacial score (nSPS) is 17.8. The van der Waals surface area contributed by atoms with Crippen LogP contribution in [0.4, 0.5) is 19.1 Å². The molecule has 3 aliphatic rings. The Balaban J connectivity index is 1.58. The van der Waals surface area contributed by atoms with Gasteiger partial charge >= 0.3 is 17.8 Å². The molecule has 3 aromatic rings. The standard InChI is InChI=1S/C27H27ClF3N7O6/c1-34-20-19(21(39)38(26(34)42)23(44-24(41)27(29,30)31)22(40)35-8-10-43-11-9-35)37(14-16-4-2-3-5-17(16)28)25(33-20)36-7-6-15-12-32-13-18(15)36/h2-5,23,32H,6-14H2,1H3. The van der Waals surface area contributed by atoms with Crippen LogP contribution < -0.4 is 21.5 Å². The Morgan fingerprint density at radius 3 is 2.57 bits per heavy atom. The molecular weight excluding hydrogens is 611 g/mol. The van der Waals surface area contributed by atoms with Crippen molar-refractivity contribution in [2.45, 2.75) is 25.4 Å². The largest absolute Gasteiger partial charge is 0.491 e. The van der Waals surface area contributed by atoms with Gasteiger partial charge in [-0.1, -0.05) is 29.8 Å². The number of aromatic nitrogens is 4. The van der Waals surface area contributed by atoms with Crippen molar-refractivity contribution in [3.63, 3.8) is 0 Å². The fourth-order valence-corrected chi connectivity index (χ4v) is 5.88. The Morgan fingerprint density at radius 1 is 1.14 bits per heavy atom. The van der Waals surface area contributed by atoms with Gasteiger partial charge in [0.1, 0.15) is 0 Å². The SMILES string of the molecule is Cn1c(=O)n(C(OC(=O)C(F)(F)F)C(=O)N2CCOCC2)c(=O)c2c1nc(N1CCC3=C1CNC3)n2Cc1ccccc1Cl. The first-order valence-electron chi connectivity index (χ1n) is 13.8. The summed E-state index contributed by atoms with van der Waals surface area (Å²) in [6.07, 6.45) is -7.30. The van der Waals surface area contributed by atoms with Gasteiger partial charge in [-0.2, -0.15) is 18.2 Å². The Hall–Kier alpha value is -4.15. The average molecular weight is 638 g/mol. The number of amides is 1. The molecule has 1 saturated heterocycles. The van der Waals surface area contributed by atoms with Crippen LogP contribution in [-0.2, 0) is 32.7 Å². The lowest BCUT2D eigenvalue weighted by Gasteiger charge is -2.30. The zero-order valence-electron chi connectivity index (χ0n) is 23.4. The van der Waals surface area contributed by atoms with Gasteiger partial charge in [-0.05, 0) is 23.6 Å². The molecule has 44 heavy (non-hydrogen) atoms. The topological polar surface area (TPSA) is 133 Å². The van der Waals surface area contributed by atoms with E-state index in [-0.39, 0.29) is 48.6 Å². The number of ether oxygens (including phenoxy) is 2. The quantitative estimate of drug-likeness (QED) is 0.395. The molecule has 3 aliphatic heterocycles. The van der Waals surface area contributed by atoms with E-state index >= 15 is 0 Å². The minimum atomic E-state index is -5.50. The number of anilines is 1. The van der Waals surface area contributed by atoms with E-state index in [0.29, 0.717) is 36.2 Å². The second kappa shape index (κ2) is 11.4. The van der Waals surface area contributed by atoms with Crippen LogP contribution in [0.15, 0.2) is 45.1 Å². The number of halogens is 4. The summed E-state index contributed by atoms with van der Waals surface area (Å²) in [6, 6.07) is 6.88. The van der Waals surface area contributed by atoms with E-state index in [1.165, 1.54) is 17.2 Å². The minimum Gasteiger partial charge on any atom is -0.424 e. The van der Waals surface area contributed by atoms with Crippen LogP contribution in [0.3, 0.4) is 0 Å². The van der Waals surface area contributed by atoms with E-state index in [0.717, 1.165) is 21.6 Å². The molecule has 0 saturated carbocycles. The highest BCUT2D eigenvalue weighted by Gasteiger charge is 2.46. The lowest BCUT2D eigenvalue weighted by atomic mass is 10.2. The molecule has 1 unspecified atom stereocenters. The summed E-state index contributed by atoms with van der Waals surface area (Å²) >= 11 is 6.47. The second-order valence-corrected chi connectivity index (χ2v) is 10.9. The van der Waals surface area contributed by atoms with E-state index in [1.807, 2.05) is 4.90 Å². The smallest absolute Gasteiger partial charge is 0.424 e. The van der Waals surface area contributed by atoms with Crippen LogP contribution in [-0.4, -0.2) is 87.6 Å². The highest BCUT2D eigenvalue weighted by molar-refractivity contribution is 6.31. The van der Waals surface area contributed by atoms with Crippen molar-refractivity contribution in [1.82, 2.24) is 28.9 Å². The molecule has 1 amide bonds. The monoisotopic (exact) mass is 637 g/mol. The molecule has 0 spiro atoms. The molecule has 17 heteroatoms. The Bertz CT molecular complexity index is 1810. The van der Waals surface area contributed by atoms with Crippen LogP contribution in [0.2, 0.25) is 5.02 Å². The number of fused-ring (bicyclic) bond motifs is 1. The number of carbonyl (C=O) groups is 2. The number of morpholine rings is 1. The van der Waals surface area contributed by atoms with Gasteiger partial charge < -0.3 is 24.6 Å². The van der Waals surface area contributed by atoms with Crippen LogP contribution in [0.5, 0.6) is 0 Å². The van der Waals surface area contributed by atoms with E-state index in [1.54, 1.807) is 24.3 Å². The van der Waals surface area contributed by atoms with Gasteiger partial charge in [0.15, 0.2) is 11.2 Å². The summed E-state index contributed by atoms with van der Waals surface area (Å²) < 4.78 is 52.6. The Morgan fingerprint density at radius 2 is 1.86 bits per heavy atom. The summed E-state index contributed by atoms with van der Waals surface area (Å²) in [5.74, 6) is -3.59. The number of aryl methyl sites for hydroxylation is 1. The summed E-state index contributed by atoms with van der Waals surface area (Å²) in [5, 5.41) is 3.66. The van der Waals surface area contributed by atoms with E-state index in [9.17, 15) is 32.3 Å². The Labute approximate surface area is 252 Å². The summed E-state index contributed by atoms with van der Waals surface area (Å²) in [5.41, 5.74) is 0.114. The zero-order valence-corrected chi connectivity index (χ0v) is 24.2. The number of nitrogens with one attached hydrogen (secondary N) is 1. The first-order valence-corrected chi connectivity index (χ1v) is 14.1. The van der Waals surface area contributed by atoms with Crippen molar-refractivity contribution < 1.29 is 32.2 Å². The number of carbonyl (C=O) groups excluding carboxylic acids is 2. The molecule has 0 radical (unpaired) electrons. The maximum absolute atomic E-state index is 14.3. The zero-order chi connectivity index (χ0) is 31.3. The lowest BCUT2D eigenvalue weighted by Crippen LogP contribution is -2.52. The molecule has 1 aromatic carbocycles. The highest BCUT2D eigenvalue weighted by Crippen LogP contribution is 2.33. The van der Waals surface area contributed by atoms with Crippen LogP contribution >= 0.6 is 11.6 Å². The van der Waals surface area contributed by atoms with Gasteiger partial charge in [0.2, 0.25) is 5.95 Å².